The number of rotatable bonds is 8. The highest BCUT2D eigenvalue weighted by Gasteiger charge is 2.09. The molecule has 0 fully saturated rings. The molecule has 28 heavy (non-hydrogen) atoms. The van der Waals surface area contributed by atoms with E-state index < -0.39 is 0 Å². The topological polar surface area (TPSA) is 79.8 Å². The first-order valence-electron chi connectivity index (χ1n) is 8.99. The molecule has 0 aromatic heterocycles. The zero-order chi connectivity index (χ0) is 20.5. The standard InChI is InChI=1S/C22H25N3O3/c1-5-18-10-11-19(14-21(18)23-4)25-22(27)24-15(2)6-7-17-8-12-20(13-9-17)28-16(3)26/h5,8-15H,1,4,6-7H2,2-3H3,(H2,24,25,27). The predicted octanol–water partition coefficient (Wildman–Crippen LogP) is 4.73. The van der Waals surface area contributed by atoms with E-state index in [2.05, 4.69) is 28.9 Å². The number of nitrogens with one attached hydrogen (secondary N) is 2. The van der Waals surface area contributed by atoms with Crippen molar-refractivity contribution in [2.75, 3.05) is 5.32 Å². The van der Waals surface area contributed by atoms with Gasteiger partial charge in [-0.2, -0.15) is 0 Å². The van der Waals surface area contributed by atoms with Crippen molar-refractivity contribution in [2.45, 2.75) is 32.7 Å². The van der Waals surface area contributed by atoms with E-state index in [0.717, 1.165) is 24.0 Å². The molecular weight excluding hydrogens is 354 g/mol. The quantitative estimate of drug-likeness (QED) is 0.395. The van der Waals surface area contributed by atoms with Crippen molar-refractivity contribution in [1.82, 2.24) is 5.32 Å². The van der Waals surface area contributed by atoms with Crippen molar-refractivity contribution in [3.63, 3.8) is 0 Å². The summed E-state index contributed by atoms with van der Waals surface area (Å²) in [5, 5.41) is 5.72. The van der Waals surface area contributed by atoms with Gasteiger partial charge < -0.3 is 15.4 Å². The first kappa shape index (κ1) is 20.9. The summed E-state index contributed by atoms with van der Waals surface area (Å²) in [5.74, 6) is 0.185. The largest absolute Gasteiger partial charge is 0.427 e. The molecule has 0 aliphatic heterocycles. The molecule has 1 atom stereocenters. The lowest BCUT2D eigenvalue weighted by Gasteiger charge is -2.15. The van der Waals surface area contributed by atoms with Gasteiger partial charge in [0.15, 0.2) is 0 Å². The minimum Gasteiger partial charge on any atom is -0.427 e. The van der Waals surface area contributed by atoms with Crippen molar-refractivity contribution in [3.8, 4) is 5.75 Å². The number of carbonyl (C=O) groups is 2. The van der Waals surface area contributed by atoms with Crippen LogP contribution in [0.1, 0.15) is 31.4 Å². The Morgan fingerprint density at radius 2 is 1.93 bits per heavy atom. The molecule has 6 heteroatoms. The Morgan fingerprint density at radius 3 is 2.54 bits per heavy atom. The van der Waals surface area contributed by atoms with Gasteiger partial charge in [-0.05, 0) is 61.9 Å². The Hall–Kier alpha value is -3.41. The molecule has 146 valence electrons. The van der Waals surface area contributed by atoms with Crippen LogP contribution in [0, 0.1) is 0 Å². The van der Waals surface area contributed by atoms with E-state index in [4.69, 9.17) is 4.74 Å². The number of hydrogen-bond donors (Lipinski definition) is 2. The van der Waals surface area contributed by atoms with Crippen molar-refractivity contribution < 1.29 is 14.3 Å². The third kappa shape index (κ3) is 6.39. The van der Waals surface area contributed by atoms with Crippen LogP contribution in [0.5, 0.6) is 5.75 Å². The molecular formula is C22H25N3O3. The lowest BCUT2D eigenvalue weighted by Crippen LogP contribution is -2.36. The molecule has 2 amide bonds. The van der Waals surface area contributed by atoms with Crippen molar-refractivity contribution in [2.24, 2.45) is 4.99 Å². The molecule has 0 bridgehead atoms. The minimum absolute atomic E-state index is 0.0161. The summed E-state index contributed by atoms with van der Waals surface area (Å²) >= 11 is 0. The van der Waals surface area contributed by atoms with Gasteiger partial charge in [0.1, 0.15) is 5.75 Å². The summed E-state index contributed by atoms with van der Waals surface area (Å²) in [5.41, 5.74) is 3.26. The number of anilines is 1. The van der Waals surface area contributed by atoms with Crippen LogP contribution in [0.3, 0.4) is 0 Å². The van der Waals surface area contributed by atoms with Crippen LogP contribution in [-0.4, -0.2) is 24.8 Å². The lowest BCUT2D eigenvalue weighted by molar-refractivity contribution is -0.131. The average Bonchev–Trinajstić information content (AvgIpc) is 2.66. The van der Waals surface area contributed by atoms with Crippen LogP contribution in [0.2, 0.25) is 0 Å². The van der Waals surface area contributed by atoms with E-state index in [9.17, 15) is 9.59 Å². The van der Waals surface area contributed by atoms with Gasteiger partial charge in [0.2, 0.25) is 0 Å². The Bertz CT molecular complexity index is 860. The van der Waals surface area contributed by atoms with Gasteiger partial charge >= 0.3 is 12.0 Å². The van der Waals surface area contributed by atoms with Crippen LogP contribution < -0.4 is 15.4 Å². The number of hydrogen-bond acceptors (Lipinski definition) is 4. The molecule has 0 saturated carbocycles. The number of esters is 1. The number of carbonyl (C=O) groups excluding carboxylic acids is 2. The molecule has 0 spiro atoms. The Labute approximate surface area is 165 Å². The van der Waals surface area contributed by atoms with E-state index in [1.807, 2.05) is 25.1 Å². The molecule has 1 unspecified atom stereocenters. The maximum absolute atomic E-state index is 12.2. The number of benzene rings is 2. The molecule has 2 aromatic rings. The van der Waals surface area contributed by atoms with Gasteiger partial charge in [0.05, 0.1) is 5.69 Å². The summed E-state index contributed by atoms with van der Waals surface area (Å²) in [6.07, 6.45) is 3.25. The molecule has 6 nitrogen and oxygen atoms in total. The molecule has 2 aromatic carbocycles. The molecule has 0 heterocycles. The SMILES string of the molecule is C=Cc1ccc(NC(=O)NC(C)CCc2ccc(OC(C)=O)cc2)cc1N=C. The molecule has 0 aliphatic rings. The lowest BCUT2D eigenvalue weighted by atomic mass is 10.1. The first-order valence-corrected chi connectivity index (χ1v) is 8.99. The van der Waals surface area contributed by atoms with Gasteiger partial charge in [-0.3, -0.25) is 9.79 Å². The van der Waals surface area contributed by atoms with Gasteiger partial charge in [0.25, 0.3) is 0 Å². The second-order valence-corrected chi connectivity index (χ2v) is 6.41. The van der Waals surface area contributed by atoms with Crippen LogP contribution in [0.25, 0.3) is 6.08 Å². The van der Waals surface area contributed by atoms with Crippen LogP contribution in [0.4, 0.5) is 16.2 Å². The molecule has 2 rings (SSSR count). The highest BCUT2D eigenvalue weighted by atomic mass is 16.5. The summed E-state index contributed by atoms with van der Waals surface area (Å²) in [6, 6.07) is 12.4. The van der Waals surface area contributed by atoms with E-state index in [1.54, 1.807) is 30.3 Å². The number of nitrogens with zero attached hydrogens (tertiary/aromatic N) is 1. The molecule has 0 saturated heterocycles. The number of amides is 2. The van der Waals surface area contributed by atoms with Crippen LogP contribution in [0.15, 0.2) is 54.0 Å². The Morgan fingerprint density at radius 1 is 1.21 bits per heavy atom. The second-order valence-electron chi connectivity index (χ2n) is 6.41. The molecule has 2 N–H and O–H groups in total. The number of aryl methyl sites for hydroxylation is 1. The van der Waals surface area contributed by atoms with Crippen LogP contribution in [-0.2, 0) is 11.2 Å². The van der Waals surface area contributed by atoms with Crippen molar-refractivity contribution in [1.29, 1.82) is 0 Å². The second kappa shape index (κ2) is 10.1. The summed E-state index contributed by atoms with van der Waals surface area (Å²) < 4.78 is 5.01. The number of aliphatic imine (C=N–C) groups is 1. The summed E-state index contributed by atoms with van der Waals surface area (Å²) in [6.45, 7) is 10.6. The van der Waals surface area contributed by atoms with E-state index in [1.165, 1.54) is 6.92 Å². The first-order chi connectivity index (χ1) is 13.4. The van der Waals surface area contributed by atoms with Gasteiger partial charge in [-0.1, -0.05) is 30.9 Å². The average molecular weight is 379 g/mol. The molecule has 0 radical (unpaired) electrons. The maximum Gasteiger partial charge on any atom is 0.319 e. The Kier molecular flexibility index (Phi) is 7.51. The smallest absolute Gasteiger partial charge is 0.319 e. The maximum atomic E-state index is 12.2. The van der Waals surface area contributed by atoms with Crippen LogP contribution >= 0.6 is 0 Å². The summed E-state index contributed by atoms with van der Waals surface area (Å²) in [4.78, 5) is 27.1. The predicted molar refractivity (Wildman–Crippen MR) is 113 cm³/mol. The minimum atomic E-state index is -0.341. The van der Waals surface area contributed by atoms with E-state index in [0.29, 0.717) is 17.1 Å². The number of urea groups is 1. The van der Waals surface area contributed by atoms with Gasteiger partial charge in [-0.15, -0.1) is 0 Å². The number of ether oxygens (including phenoxy) is 1. The third-order valence-electron chi connectivity index (χ3n) is 4.11. The van der Waals surface area contributed by atoms with E-state index >= 15 is 0 Å². The van der Waals surface area contributed by atoms with Crippen molar-refractivity contribution >= 4 is 36.2 Å². The normalized spacial score (nSPS) is 11.2. The zero-order valence-electron chi connectivity index (χ0n) is 16.2. The molecule has 0 aliphatic carbocycles. The zero-order valence-corrected chi connectivity index (χ0v) is 16.2. The Balaban J connectivity index is 1.83. The fraction of sp³-hybridized carbons (Fsp3) is 0.227. The summed E-state index contributed by atoms with van der Waals surface area (Å²) in [7, 11) is 0. The third-order valence-corrected chi connectivity index (χ3v) is 4.11. The highest BCUT2D eigenvalue weighted by molar-refractivity contribution is 5.90. The van der Waals surface area contributed by atoms with Gasteiger partial charge in [-0.25, -0.2) is 4.79 Å². The fourth-order valence-electron chi connectivity index (χ4n) is 2.67. The van der Waals surface area contributed by atoms with E-state index in [-0.39, 0.29) is 18.0 Å². The highest BCUT2D eigenvalue weighted by Crippen LogP contribution is 2.24. The van der Waals surface area contributed by atoms with Gasteiger partial charge in [0, 0.05) is 18.7 Å². The monoisotopic (exact) mass is 379 g/mol. The van der Waals surface area contributed by atoms with Crippen molar-refractivity contribution in [3.05, 3.63) is 60.2 Å². The fourth-order valence-corrected chi connectivity index (χ4v) is 2.67.